The zero-order chi connectivity index (χ0) is 20.1. The summed E-state index contributed by atoms with van der Waals surface area (Å²) in [5.74, 6) is 1.79. The number of methoxy groups -OCH3 is 2. The minimum atomic E-state index is -0.263. The molecule has 1 atom stereocenters. The lowest BCUT2D eigenvalue weighted by Crippen LogP contribution is -2.31. The third-order valence-corrected chi connectivity index (χ3v) is 5.29. The van der Waals surface area contributed by atoms with Gasteiger partial charge in [0.15, 0.2) is 6.61 Å². The second kappa shape index (κ2) is 8.97. The highest BCUT2D eigenvalue weighted by atomic mass is 79.9. The quantitative estimate of drug-likeness (QED) is 0.565. The number of carbonyl (C=O) groups is 1. The van der Waals surface area contributed by atoms with Crippen LogP contribution in [0.1, 0.15) is 18.5 Å². The first kappa shape index (κ1) is 20.0. The summed E-state index contributed by atoms with van der Waals surface area (Å²) in [4.78, 5) is 12.4. The van der Waals surface area contributed by atoms with Gasteiger partial charge in [0.1, 0.15) is 17.2 Å². The van der Waals surface area contributed by atoms with Crippen molar-refractivity contribution in [3.8, 4) is 17.2 Å². The lowest BCUT2D eigenvalue weighted by atomic mass is 10.1. The zero-order valence-corrected chi connectivity index (χ0v) is 17.6. The van der Waals surface area contributed by atoms with E-state index in [2.05, 4.69) is 21.2 Å². The van der Waals surface area contributed by atoms with Crippen LogP contribution in [0.5, 0.6) is 17.2 Å². The van der Waals surface area contributed by atoms with Gasteiger partial charge in [-0.25, -0.2) is 0 Å². The second-order valence-electron chi connectivity index (χ2n) is 6.28. The first-order valence-electron chi connectivity index (χ1n) is 8.84. The van der Waals surface area contributed by atoms with E-state index < -0.39 is 0 Å². The number of benzene rings is 3. The normalized spacial score (nSPS) is 11.7. The van der Waals surface area contributed by atoms with Gasteiger partial charge in [-0.3, -0.25) is 4.79 Å². The first-order chi connectivity index (χ1) is 13.5. The van der Waals surface area contributed by atoms with Crippen molar-refractivity contribution in [3.63, 3.8) is 0 Å². The number of hydrogen-bond acceptors (Lipinski definition) is 4. The number of ether oxygens (including phenoxy) is 3. The summed E-state index contributed by atoms with van der Waals surface area (Å²) in [5.41, 5.74) is 0.835. The smallest absolute Gasteiger partial charge is 0.258 e. The molecule has 5 nitrogen and oxygen atoms in total. The number of hydrogen-bond donors (Lipinski definition) is 1. The Morgan fingerprint density at radius 1 is 1.04 bits per heavy atom. The SMILES string of the molecule is COc1ccc(OC)c(C(C)NC(=O)COc2ccc3ccccc3c2Br)c1. The zero-order valence-electron chi connectivity index (χ0n) is 16.0. The molecule has 6 heteroatoms. The molecule has 3 rings (SSSR count). The average molecular weight is 444 g/mol. The van der Waals surface area contributed by atoms with E-state index in [9.17, 15) is 4.79 Å². The fraction of sp³-hybridized carbons (Fsp3) is 0.227. The van der Waals surface area contributed by atoms with E-state index in [0.717, 1.165) is 20.8 Å². The molecule has 3 aromatic rings. The molecule has 0 radical (unpaired) electrons. The van der Waals surface area contributed by atoms with Crippen LogP contribution in [-0.4, -0.2) is 26.7 Å². The minimum absolute atomic E-state index is 0.0897. The van der Waals surface area contributed by atoms with Crippen LogP contribution in [0.25, 0.3) is 10.8 Å². The van der Waals surface area contributed by atoms with Crippen LogP contribution >= 0.6 is 15.9 Å². The van der Waals surface area contributed by atoms with Crippen molar-refractivity contribution in [1.29, 1.82) is 0 Å². The lowest BCUT2D eigenvalue weighted by molar-refractivity contribution is -0.123. The topological polar surface area (TPSA) is 56.8 Å². The maximum Gasteiger partial charge on any atom is 0.258 e. The van der Waals surface area contributed by atoms with Gasteiger partial charge in [0.25, 0.3) is 5.91 Å². The molecule has 28 heavy (non-hydrogen) atoms. The van der Waals surface area contributed by atoms with E-state index >= 15 is 0 Å². The molecular weight excluding hydrogens is 422 g/mol. The molecule has 3 aromatic carbocycles. The van der Waals surface area contributed by atoms with Gasteiger partial charge in [-0.1, -0.05) is 30.3 Å². The van der Waals surface area contributed by atoms with Gasteiger partial charge >= 0.3 is 0 Å². The summed E-state index contributed by atoms with van der Waals surface area (Å²) in [6.07, 6.45) is 0. The summed E-state index contributed by atoms with van der Waals surface area (Å²) in [5, 5.41) is 5.07. The molecular formula is C22H22BrNO4. The summed E-state index contributed by atoms with van der Waals surface area (Å²) in [7, 11) is 3.20. The highest BCUT2D eigenvalue weighted by molar-refractivity contribution is 9.10. The molecule has 0 aromatic heterocycles. The molecule has 0 heterocycles. The Bertz CT molecular complexity index is 989. The van der Waals surface area contributed by atoms with E-state index in [0.29, 0.717) is 17.2 Å². The summed E-state index contributed by atoms with van der Waals surface area (Å²) < 4.78 is 17.2. The Hall–Kier alpha value is -2.73. The number of nitrogens with one attached hydrogen (secondary N) is 1. The summed E-state index contributed by atoms with van der Waals surface area (Å²) in [6.45, 7) is 1.80. The third-order valence-electron chi connectivity index (χ3n) is 4.47. The third kappa shape index (κ3) is 4.39. The number of rotatable bonds is 7. The molecule has 146 valence electrons. The molecule has 0 saturated carbocycles. The summed E-state index contributed by atoms with van der Waals surface area (Å²) >= 11 is 3.57. The maximum absolute atomic E-state index is 12.4. The molecule has 0 aliphatic heterocycles. The number of carbonyl (C=O) groups excluding carboxylic acids is 1. The van der Waals surface area contributed by atoms with E-state index in [1.54, 1.807) is 14.2 Å². The maximum atomic E-state index is 12.4. The molecule has 1 amide bonds. The fourth-order valence-corrected chi connectivity index (χ4v) is 3.61. The Kier molecular flexibility index (Phi) is 6.41. The van der Waals surface area contributed by atoms with E-state index in [1.165, 1.54) is 0 Å². The van der Waals surface area contributed by atoms with Crippen LogP contribution in [-0.2, 0) is 4.79 Å². The Labute approximate surface area is 172 Å². The predicted octanol–water partition coefficient (Wildman–Crippen LogP) is 4.88. The Balaban J connectivity index is 1.67. The first-order valence-corrected chi connectivity index (χ1v) is 9.64. The molecule has 0 fully saturated rings. The largest absolute Gasteiger partial charge is 0.497 e. The van der Waals surface area contributed by atoms with Crippen molar-refractivity contribution in [3.05, 3.63) is 64.6 Å². The van der Waals surface area contributed by atoms with Gasteiger partial charge in [-0.2, -0.15) is 0 Å². The van der Waals surface area contributed by atoms with E-state index in [1.807, 2.05) is 61.5 Å². The number of amides is 1. The van der Waals surface area contributed by atoms with Crippen LogP contribution in [0, 0.1) is 0 Å². The average Bonchev–Trinajstić information content (AvgIpc) is 2.72. The van der Waals surface area contributed by atoms with Gasteiger partial charge in [0, 0.05) is 5.56 Å². The molecule has 0 spiro atoms. The lowest BCUT2D eigenvalue weighted by Gasteiger charge is -2.18. The molecule has 0 aliphatic carbocycles. The van der Waals surface area contributed by atoms with Gasteiger partial charge in [0.2, 0.25) is 0 Å². The monoisotopic (exact) mass is 443 g/mol. The molecule has 0 bridgehead atoms. The molecule has 1 unspecified atom stereocenters. The van der Waals surface area contributed by atoms with E-state index in [4.69, 9.17) is 14.2 Å². The van der Waals surface area contributed by atoms with Crippen LogP contribution in [0.4, 0.5) is 0 Å². The second-order valence-corrected chi connectivity index (χ2v) is 7.08. The number of fused-ring (bicyclic) bond motifs is 1. The number of halogens is 1. The highest BCUT2D eigenvalue weighted by Gasteiger charge is 2.16. The Morgan fingerprint density at radius 3 is 2.54 bits per heavy atom. The van der Waals surface area contributed by atoms with Crippen molar-refractivity contribution >= 4 is 32.6 Å². The van der Waals surface area contributed by atoms with Crippen LogP contribution in [0.2, 0.25) is 0 Å². The van der Waals surface area contributed by atoms with E-state index in [-0.39, 0.29) is 18.6 Å². The highest BCUT2D eigenvalue weighted by Crippen LogP contribution is 2.33. The molecule has 1 N–H and O–H groups in total. The van der Waals surface area contributed by atoms with Crippen molar-refractivity contribution < 1.29 is 19.0 Å². The van der Waals surface area contributed by atoms with Crippen molar-refractivity contribution in [2.75, 3.05) is 20.8 Å². The standard InChI is InChI=1S/C22H22BrNO4/c1-14(18-12-16(26-2)9-11-19(18)27-3)24-21(25)13-28-20-10-8-15-6-4-5-7-17(15)22(20)23/h4-12,14H,13H2,1-3H3,(H,24,25). The van der Waals surface area contributed by atoms with Crippen molar-refractivity contribution in [2.24, 2.45) is 0 Å². The van der Waals surface area contributed by atoms with Gasteiger partial charge in [-0.15, -0.1) is 0 Å². The van der Waals surface area contributed by atoms with Gasteiger partial charge in [-0.05, 0) is 57.9 Å². The predicted molar refractivity (Wildman–Crippen MR) is 113 cm³/mol. The van der Waals surface area contributed by atoms with Gasteiger partial charge in [0.05, 0.1) is 24.7 Å². The summed E-state index contributed by atoms with van der Waals surface area (Å²) in [6, 6.07) is 17.0. The van der Waals surface area contributed by atoms with Crippen LogP contribution < -0.4 is 19.5 Å². The fourth-order valence-electron chi connectivity index (χ4n) is 3.01. The van der Waals surface area contributed by atoms with Crippen LogP contribution in [0.3, 0.4) is 0 Å². The van der Waals surface area contributed by atoms with Crippen molar-refractivity contribution in [1.82, 2.24) is 5.32 Å². The molecule has 0 aliphatic rings. The van der Waals surface area contributed by atoms with Gasteiger partial charge < -0.3 is 19.5 Å². The molecule has 0 saturated heterocycles. The Morgan fingerprint density at radius 2 is 1.79 bits per heavy atom. The van der Waals surface area contributed by atoms with Crippen LogP contribution in [0.15, 0.2) is 59.1 Å². The minimum Gasteiger partial charge on any atom is -0.497 e. The van der Waals surface area contributed by atoms with Crippen molar-refractivity contribution in [2.45, 2.75) is 13.0 Å².